The van der Waals surface area contributed by atoms with Crippen LogP contribution in [0.25, 0.3) is 0 Å². The molecule has 0 aliphatic carbocycles. The number of amides is 2. The first-order valence-electron chi connectivity index (χ1n) is 3.71. The van der Waals surface area contributed by atoms with Crippen LogP contribution in [0.1, 0.15) is 19.8 Å². The fraction of sp³-hybridized carbons (Fsp3) is 0.571. The van der Waals surface area contributed by atoms with E-state index in [9.17, 15) is 14.4 Å². The maximum Gasteiger partial charge on any atom is 0.312 e. The predicted octanol–water partition coefficient (Wildman–Crippen LogP) is -0.523. The number of aliphatic carboxylic acids is 1. The van der Waals surface area contributed by atoms with Gasteiger partial charge >= 0.3 is 12.0 Å². The highest BCUT2D eigenvalue weighted by atomic mass is 16.4. The van der Waals surface area contributed by atoms with Crippen molar-refractivity contribution >= 4 is 17.8 Å². The largest absolute Gasteiger partial charge is 0.481 e. The first-order valence-corrected chi connectivity index (χ1v) is 3.71. The van der Waals surface area contributed by atoms with Crippen LogP contribution < -0.4 is 11.1 Å². The quantitative estimate of drug-likeness (QED) is 0.539. The zero-order chi connectivity index (χ0) is 10.4. The highest BCUT2D eigenvalue weighted by Crippen LogP contribution is 1.98. The molecule has 6 heteroatoms. The maximum absolute atomic E-state index is 10.8. The van der Waals surface area contributed by atoms with Crippen LogP contribution in [0.4, 0.5) is 4.79 Å². The van der Waals surface area contributed by atoms with E-state index in [1.54, 1.807) is 0 Å². The van der Waals surface area contributed by atoms with Crippen LogP contribution in [0.2, 0.25) is 0 Å². The monoisotopic (exact) mass is 188 g/mol. The number of carboxylic acid groups (broad SMARTS) is 1. The Balaban J connectivity index is 4.02. The van der Waals surface area contributed by atoms with Crippen LogP contribution >= 0.6 is 0 Å². The Kier molecular flexibility index (Phi) is 4.50. The molecule has 0 aromatic heterocycles. The summed E-state index contributed by atoms with van der Waals surface area (Å²) in [6, 6.07) is -1.63. The summed E-state index contributed by atoms with van der Waals surface area (Å²) in [5, 5.41) is 10.5. The molecular formula is C7H12N2O4. The van der Waals surface area contributed by atoms with Gasteiger partial charge < -0.3 is 16.2 Å². The number of carbonyl (C=O) groups is 3. The van der Waals surface area contributed by atoms with Crippen molar-refractivity contribution in [2.45, 2.75) is 25.8 Å². The maximum atomic E-state index is 10.8. The number of carbonyl (C=O) groups excluding carboxylic acids is 2. The van der Waals surface area contributed by atoms with Gasteiger partial charge in [-0.05, 0) is 13.3 Å². The van der Waals surface area contributed by atoms with Gasteiger partial charge in [0.1, 0.15) is 0 Å². The molecule has 2 amide bonds. The van der Waals surface area contributed by atoms with Crippen molar-refractivity contribution in [2.24, 2.45) is 5.73 Å². The van der Waals surface area contributed by atoms with Crippen molar-refractivity contribution in [3.63, 3.8) is 0 Å². The summed E-state index contributed by atoms with van der Waals surface area (Å²) in [5.41, 5.74) is 4.79. The van der Waals surface area contributed by atoms with Crippen LogP contribution in [-0.4, -0.2) is 28.9 Å². The number of hydrogen-bond donors (Lipinski definition) is 3. The fourth-order valence-corrected chi connectivity index (χ4v) is 0.817. The number of urea groups is 1. The molecule has 6 nitrogen and oxygen atoms in total. The molecule has 0 heterocycles. The summed E-state index contributed by atoms with van der Waals surface area (Å²) in [6.07, 6.45) is -0.113. The Morgan fingerprint density at radius 1 is 1.46 bits per heavy atom. The van der Waals surface area contributed by atoms with E-state index < -0.39 is 18.0 Å². The summed E-state index contributed by atoms with van der Waals surface area (Å²) in [6.45, 7) is 1.27. The molecule has 13 heavy (non-hydrogen) atoms. The molecule has 74 valence electrons. The minimum Gasteiger partial charge on any atom is -0.481 e. The van der Waals surface area contributed by atoms with Gasteiger partial charge in [0.15, 0.2) is 5.78 Å². The first-order chi connectivity index (χ1) is 5.93. The standard InChI is InChI=1S/C7H12N2O4/c1-4(10)5(9-7(8)13)2-3-6(11)12/h5H,2-3H2,1H3,(H,11,12)(H3,8,9,13). The van der Waals surface area contributed by atoms with E-state index in [0.29, 0.717) is 0 Å². The topological polar surface area (TPSA) is 109 Å². The Morgan fingerprint density at radius 3 is 2.31 bits per heavy atom. The molecular weight excluding hydrogens is 176 g/mol. The average Bonchev–Trinajstić information content (AvgIpc) is 1.96. The highest BCUT2D eigenvalue weighted by molar-refractivity contribution is 5.86. The number of nitrogens with two attached hydrogens (primary N) is 1. The predicted molar refractivity (Wildman–Crippen MR) is 44.1 cm³/mol. The number of carboxylic acids is 1. The number of nitrogens with one attached hydrogen (secondary N) is 1. The fourth-order valence-electron chi connectivity index (χ4n) is 0.817. The number of ketones is 1. The Morgan fingerprint density at radius 2 is 2.00 bits per heavy atom. The Hall–Kier alpha value is -1.59. The Bertz CT molecular complexity index is 227. The van der Waals surface area contributed by atoms with E-state index in [1.165, 1.54) is 6.92 Å². The molecule has 0 spiro atoms. The molecule has 0 fully saturated rings. The van der Waals surface area contributed by atoms with E-state index in [-0.39, 0.29) is 18.6 Å². The van der Waals surface area contributed by atoms with Crippen molar-refractivity contribution in [2.75, 3.05) is 0 Å². The number of rotatable bonds is 5. The molecule has 0 bridgehead atoms. The van der Waals surface area contributed by atoms with Crippen molar-refractivity contribution in [3.8, 4) is 0 Å². The first kappa shape index (κ1) is 11.4. The molecule has 0 rings (SSSR count). The summed E-state index contributed by atoms with van der Waals surface area (Å²) in [4.78, 5) is 31.4. The molecule has 0 aromatic carbocycles. The second-order valence-corrected chi connectivity index (χ2v) is 2.60. The van der Waals surface area contributed by atoms with E-state index in [0.717, 1.165) is 0 Å². The lowest BCUT2D eigenvalue weighted by molar-refractivity contribution is -0.137. The number of primary amides is 1. The van der Waals surface area contributed by atoms with Crippen LogP contribution in [-0.2, 0) is 9.59 Å². The van der Waals surface area contributed by atoms with Crippen LogP contribution in [0.3, 0.4) is 0 Å². The van der Waals surface area contributed by atoms with Gasteiger partial charge in [-0.3, -0.25) is 9.59 Å². The van der Waals surface area contributed by atoms with Crippen molar-refractivity contribution < 1.29 is 19.5 Å². The SMILES string of the molecule is CC(=O)C(CCC(=O)O)NC(N)=O. The van der Waals surface area contributed by atoms with Gasteiger partial charge in [-0.2, -0.15) is 0 Å². The lowest BCUT2D eigenvalue weighted by Crippen LogP contribution is -2.42. The second kappa shape index (κ2) is 5.13. The average molecular weight is 188 g/mol. The van der Waals surface area contributed by atoms with Gasteiger partial charge in [-0.15, -0.1) is 0 Å². The summed E-state index contributed by atoms with van der Waals surface area (Å²) >= 11 is 0. The number of hydrogen-bond acceptors (Lipinski definition) is 3. The number of Topliss-reactive ketones (excluding diaryl/α,β-unsaturated/α-hetero) is 1. The molecule has 0 aliphatic heterocycles. The summed E-state index contributed by atoms with van der Waals surface area (Å²) in [7, 11) is 0. The Labute approximate surface area is 75.1 Å². The molecule has 0 aliphatic rings. The van der Waals surface area contributed by atoms with Crippen molar-refractivity contribution in [1.82, 2.24) is 5.32 Å². The molecule has 0 saturated heterocycles. The van der Waals surface area contributed by atoms with Gasteiger partial charge in [0.05, 0.1) is 6.04 Å². The third kappa shape index (κ3) is 5.66. The van der Waals surface area contributed by atoms with E-state index >= 15 is 0 Å². The minimum absolute atomic E-state index is 0.0631. The van der Waals surface area contributed by atoms with Gasteiger partial charge in [0.2, 0.25) is 0 Å². The van der Waals surface area contributed by atoms with Crippen LogP contribution in [0.5, 0.6) is 0 Å². The van der Waals surface area contributed by atoms with Crippen LogP contribution in [0.15, 0.2) is 0 Å². The third-order valence-corrected chi connectivity index (χ3v) is 1.45. The lowest BCUT2D eigenvalue weighted by Gasteiger charge is -2.12. The van der Waals surface area contributed by atoms with Gasteiger partial charge in [-0.25, -0.2) is 4.79 Å². The summed E-state index contributed by atoms with van der Waals surface area (Å²) < 4.78 is 0. The van der Waals surface area contributed by atoms with E-state index in [2.05, 4.69) is 5.32 Å². The van der Waals surface area contributed by atoms with Gasteiger partial charge in [0.25, 0.3) is 0 Å². The highest BCUT2D eigenvalue weighted by Gasteiger charge is 2.16. The lowest BCUT2D eigenvalue weighted by atomic mass is 10.1. The zero-order valence-electron chi connectivity index (χ0n) is 7.24. The molecule has 0 radical (unpaired) electrons. The second-order valence-electron chi connectivity index (χ2n) is 2.60. The molecule has 0 aromatic rings. The molecule has 1 unspecified atom stereocenters. The summed E-state index contributed by atoms with van der Waals surface area (Å²) in [5.74, 6) is -1.32. The zero-order valence-corrected chi connectivity index (χ0v) is 7.24. The minimum atomic E-state index is -1.02. The normalized spacial score (nSPS) is 11.8. The third-order valence-electron chi connectivity index (χ3n) is 1.45. The van der Waals surface area contributed by atoms with Crippen molar-refractivity contribution in [3.05, 3.63) is 0 Å². The molecule has 4 N–H and O–H groups in total. The smallest absolute Gasteiger partial charge is 0.312 e. The molecule has 1 atom stereocenters. The van der Waals surface area contributed by atoms with Gasteiger partial charge in [0, 0.05) is 6.42 Å². The van der Waals surface area contributed by atoms with Crippen molar-refractivity contribution in [1.29, 1.82) is 0 Å². The van der Waals surface area contributed by atoms with Gasteiger partial charge in [-0.1, -0.05) is 0 Å². The molecule has 0 saturated carbocycles. The van der Waals surface area contributed by atoms with E-state index in [4.69, 9.17) is 10.8 Å². The van der Waals surface area contributed by atoms with E-state index in [1.807, 2.05) is 0 Å². The van der Waals surface area contributed by atoms with Crippen LogP contribution in [0, 0.1) is 0 Å².